The van der Waals surface area contributed by atoms with Crippen LogP contribution in [0.25, 0.3) is 11.3 Å². The second kappa shape index (κ2) is 5.49. The molecule has 21 heavy (non-hydrogen) atoms. The lowest BCUT2D eigenvalue weighted by Gasteiger charge is -2.07. The zero-order valence-corrected chi connectivity index (χ0v) is 12.1. The number of oxazole rings is 1. The van der Waals surface area contributed by atoms with E-state index in [2.05, 4.69) is 31.0 Å². The average molecular weight is 348 g/mol. The van der Waals surface area contributed by atoms with E-state index in [1.165, 1.54) is 6.21 Å². The van der Waals surface area contributed by atoms with Crippen molar-refractivity contribution in [2.24, 2.45) is 10.1 Å². The topological polar surface area (TPSA) is 94.1 Å². The van der Waals surface area contributed by atoms with Crippen LogP contribution in [0.15, 0.2) is 49.4 Å². The van der Waals surface area contributed by atoms with Gasteiger partial charge in [-0.3, -0.25) is 0 Å². The Kier molecular flexibility index (Phi) is 3.53. The van der Waals surface area contributed by atoms with Crippen LogP contribution in [-0.4, -0.2) is 34.7 Å². The van der Waals surface area contributed by atoms with Gasteiger partial charge in [-0.15, -0.1) is 0 Å². The molecule has 0 N–H and O–H groups in total. The Balaban J connectivity index is 1.74. The number of carbonyl (C=O) groups is 1. The SMILES string of the molecule is O=C1N=C([O-])CN1N=Cc1ncc(-c2ccc(Br)cc2)o1. The maximum atomic E-state index is 11.2. The summed E-state index contributed by atoms with van der Waals surface area (Å²) >= 11 is 3.35. The molecule has 2 heterocycles. The van der Waals surface area contributed by atoms with Gasteiger partial charge < -0.3 is 9.52 Å². The number of hydrogen-bond donors (Lipinski definition) is 0. The van der Waals surface area contributed by atoms with Crippen molar-refractivity contribution in [3.05, 3.63) is 40.8 Å². The van der Waals surface area contributed by atoms with Gasteiger partial charge in [0.2, 0.25) is 5.89 Å². The lowest BCUT2D eigenvalue weighted by atomic mass is 10.2. The molecule has 106 valence electrons. The Labute approximate surface area is 127 Å². The molecule has 1 aliphatic heterocycles. The molecule has 1 aromatic heterocycles. The summed E-state index contributed by atoms with van der Waals surface area (Å²) in [5.74, 6) is 0.303. The van der Waals surface area contributed by atoms with Crippen LogP contribution >= 0.6 is 15.9 Å². The van der Waals surface area contributed by atoms with Crippen LogP contribution in [0.4, 0.5) is 4.79 Å². The van der Waals surface area contributed by atoms with Crippen molar-refractivity contribution in [3.8, 4) is 11.3 Å². The van der Waals surface area contributed by atoms with Crippen LogP contribution in [0.5, 0.6) is 0 Å². The summed E-state index contributed by atoms with van der Waals surface area (Å²) < 4.78 is 6.47. The van der Waals surface area contributed by atoms with Crippen molar-refractivity contribution in [1.29, 1.82) is 0 Å². The van der Waals surface area contributed by atoms with Crippen molar-refractivity contribution >= 4 is 34.1 Å². The zero-order chi connectivity index (χ0) is 14.8. The van der Waals surface area contributed by atoms with Gasteiger partial charge in [-0.05, 0) is 18.0 Å². The van der Waals surface area contributed by atoms with Gasteiger partial charge in [-0.2, -0.15) is 5.10 Å². The number of hydrazone groups is 1. The van der Waals surface area contributed by atoms with Crippen molar-refractivity contribution in [3.63, 3.8) is 0 Å². The fraction of sp³-hybridized carbons (Fsp3) is 0.0769. The largest absolute Gasteiger partial charge is 0.860 e. The third-order valence-corrected chi connectivity index (χ3v) is 3.21. The molecule has 0 radical (unpaired) electrons. The van der Waals surface area contributed by atoms with Gasteiger partial charge in [0.25, 0.3) is 0 Å². The molecule has 0 atom stereocenters. The van der Waals surface area contributed by atoms with Gasteiger partial charge in [-0.25, -0.2) is 19.8 Å². The molecule has 2 amide bonds. The summed E-state index contributed by atoms with van der Waals surface area (Å²) in [4.78, 5) is 18.5. The van der Waals surface area contributed by atoms with Crippen molar-refractivity contribution in [2.75, 3.05) is 6.54 Å². The minimum atomic E-state index is -0.684. The highest BCUT2D eigenvalue weighted by atomic mass is 79.9. The monoisotopic (exact) mass is 347 g/mol. The molecule has 0 fully saturated rings. The molecule has 0 bridgehead atoms. The Morgan fingerprint density at radius 1 is 1.38 bits per heavy atom. The second-order valence-electron chi connectivity index (χ2n) is 4.16. The van der Waals surface area contributed by atoms with Crippen molar-refractivity contribution < 1.29 is 14.3 Å². The van der Waals surface area contributed by atoms with E-state index in [1.54, 1.807) is 6.20 Å². The Morgan fingerprint density at radius 2 is 2.14 bits per heavy atom. The molecule has 0 saturated carbocycles. The summed E-state index contributed by atoms with van der Waals surface area (Å²) in [6.45, 7) is -0.157. The van der Waals surface area contributed by atoms with Crippen LogP contribution in [0.3, 0.4) is 0 Å². The predicted octanol–water partition coefficient (Wildman–Crippen LogP) is 1.63. The molecule has 0 aliphatic carbocycles. The third-order valence-electron chi connectivity index (χ3n) is 2.69. The summed E-state index contributed by atoms with van der Waals surface area (Å²) in [5, 5.41) is 15.7. The van der Waals surface area contributed by atoms with E-state index in [1.807, 2.05) is 24.3 Å². The number of halogens is 1. The number of urea groups is 1. The highest BCUT2D eigenvalue weighted by molar-refractivity contribution is 9.10. The molecule has 2 aromatic rings. The summed E-state index contributed by atoms with van der Waals surface area (Å²) in [5.41, 5.74) is 0.868. The van der Waals surface area contributed by atoms with E-state index in [9.17, 15) is 9.90 Å². The Morgan fingerprint density at radius 3 is 2.81 bits per heavy atom. The minimum Gasteiger partial charge on any atom is -0.860 e. The first-order chi connectivity index (χ1) is 10.1. The molecule has 0 spiro atoms. The van der Waals surface area contributed by atoms with E-state index in [0.29, 0.717) is 5.76 Å². The zero-order valence-electron chi connectivity index (χ0n) is 10.6. The number of rotatable bonds is 3. The third kappa shape index (κ3) is 3.00. The van der Waals surface area contributed by atoms with E-state index in [4.69, 9.17) is 4.42 Å². The van der Waals surface area contributed by atoms with Crippen LogP contribution in [0, 0.1) is 0 Å². The van der Waals surface area contributed by atoms with E-state index in [0.717, 1.165) is 15.0 Å². The fourth-order valence-electron chi connectivity index (χ4n) is 1.70. The molecule has 8 heteroatoms. The molecule has 1 aliphatic rings. The van der Waals surface area contributed by atoms with E-state index in [-0.39, 0.29) is 12.4 Å². The molecule has 1 aromatic carbocycles. The van der Waals surface area contributed by atoms with Crippen molar-refractivity contribution in [1.82, 2.24) is 9.99 Å². The molecule has 3 rings (SSSR count). The Hall–Kier alpha value is -2.48. The number of hydrogen-bond acceptors (Lipinski definition) is 5. The average Bonchev–Trinajstić information content (AvgIpc) is 3.04. The van der Waals surface area contributed by atoms with Crippen LogP contribution in [0.1, 0.15) is 5.89 Å². The first-order valence-electron chi connectivity index (χ1n) is 5.93. The number of amides is 2. The summed E-state index contributed by atoms with van der Waals surface area (Å²) in [6.07, 6.45) is 2.83. The molecular formula is C13H8BrN4O3-. The normalized spacial score (nSPS) is 15.0. The molecule has 0 unspecified atom stereocenters. The quantitative estimate of drug-likeness (QED) is 0.788. The standard InChI is InChI=1S/C13H9BrN4O3/c14-9-3-1-8(2-4-9)10-5-15-12(21-10)6-16-18-7-11(19)17-13(18)20/h1-6H,7H2,(H,17,19,20)/p-1. The van der Waals surface area contributed by atoms with Gasteiger partial charge in [0.05, 0.1) is 12.7 Å². The summed E-state index contributed by atoms with van der Waals surface area (Å²) in [6, 6.07) is 6.86. The van der Waals surface area contributed by atoms with Crippen molar-refractivity contribution in [2.45, 2.75) is 0 Å². The number of aliphatic imine (C=N–C) groups is 1. The van der Waals surface area contributed by atoms with Gasteiger partial charge in [0, 0.05) is 10.0 Å². The molecule has 7 nitrogen and oxygen atoms in total. The predicted molar refractivity (Wildman–Crippen MR) is 76.8 cm³/mol. The van der Waals surface area contributed by atoms with Crippen LogP contribution < -0.4 is 5.11 Å². The van der Waals surface area contributed by atoms with E-state index < -0.39 is 11.9 Å². The first-order valence-corrected chi connectivity index (χ1v) is 6.73. The number of benzene rings is 1. The lowest BCUT2D eigenvalue weighted by molar-refractivity contribution is -0.217. The van der Waals surface area contributed by atoms with Gasteiger partial charge >= 0.3 is 6.03 Å². The Bertz CT molecular complexity index is 736. The van der Waals surface area contributed by atoms with Gasteiger partial charge in [0.1, 0.15) is 6.21 Å². The number of carbonyl (C=O) groups excluding carboxylic acids is 1. The maximum Gasteiger partial charge on any atom is 0.363 e. The number of aromatic nitrogens is 1. The highest BCUT2D eigenvalue weighted by Crippen LogP contribution is 2.22. The van der Waals surface area contributed by atoms with Crippen LogP contribution in [-0.2, 0) is 0 Å². The second-order valence-corrected chi connectivity index (χ2v) is 5.08. The van der Waals surface area contributed by atoms with Gasteiger partial charge in [0.15, 0.2) is 5.76 Å². The minimum absolute atomic E-state index is 0.157. The highest BCUT2D eigenvalue weighted by Gasteiger charge is 2.17. The van der Waals surface area contributed by atoms with Crippen LogP contribution in [0.2, 0.25) is 0 Å². The fourth-order valence-corrected chi connectivity index (χ4v) is 1.96. The van der Waals surface area contributed by atoms with E-state index >= 15 is 0 Å². The lowest BCUT2D eigenvalue weighted by Crippen LogP contribution is -2.26. The number of nitrogens with zero attached hydrogens (tertiary/aromatic N) is 4. The molecular weight excluding hydrogens is 340 g/mol. The molecule has 0 saturated heterocycles. The van der Waals surface area contributed by atoms with Gasteiger partial charge in [-0.1, -0.05) is 28.1 Å². The maximum absolute atomic E-state index is 11.2. The smallest absolute Gasteiger partial charge is 0.363 e. The summed E-state index contributed by atoms with van der Waals surface area (Å²) in [7, 11) is 0. The first kappa shape index (κ1) is 13.5.